The number of aromatic nitrogens is 3. The molecular weight excluding hydrogens is 380 g/mol. The number of carbonyl (C=O) groups is 1. The standard InChI is InChI=1S/C20H27ClN4OS/c1-5-12-25-19(16-8-10-17(21)11-9-16)23-24-20(25)27-13-18(26)22-15(4)7-6-14(2)3/h5,8-11,14-15H,1,6-7,12-13H2,2-4H3,(H,22,26)/t15-/m1/s1. The Bertz CT molecular complexity index is 758. The fourth-order valence-corrected chi connectivity index (χ4v) is 3.49. The molecule has 0 saturated carbocycles. The number of thioether (sulfide) groups is 1. The van der Waals surface area contributed by atoms with Crippen molar-refractivity contribution in [3.8, 4) is 11.4 Å². The Hall–Kier alpha value is -1.79. The fraction of sp³-hybridized carbons (Fsp3) is 0.450. The van der Waals surface area contributed by atoms with Gasteiger partial charge in [-0.05, 0) is 49.9 Å². The Labute approximate surface area is 170 Å². The van der Waals surface area contributed by atoms with Crippen molar-refractivity contribution in [3.63, 3.8) is 0 Å². The van der Waals surface area contributed by atoms with E-state index in [1.807, 2.05) is 35.8 Å². The fourth-order valence-electron chi connectivity index (χ4n) is 2.60. The van der Waals surface area contributed by atoms with Gasteiger partial charge in [-0.3, -0.25) is 9.36 Å². The maximum atomic E-state index is 12.2. The molecule has 0 radical (unpaired) electrons. The van der Waals surface area contributed by atoms with E-state index in [4.69, 9.17) is 11.6 Å². The molecular formula is C20H27ClN4OS. The Kier molecular flexibility index (Phi) is 8.38. The van der Waals surface area contributed by atoms with Gasteiger partial charge in [0.15, 0.2) is 11.0 Å². The molecule has 1 atom stereocenters. The predicted octanol–water partition coefficient (Wildman–Crippen LogP) is 4.82. The van der Waals surface area contributed by atoms with Crippen molar-refractivity contribution >= 4 is 29.3 Å². The predicted molar refractivity (Wildman–Crippen MR) is 113 cm³/mol. The van der Waals surface area contributed by atoms with E-state index in [9.17, 15) is 4.79 Å². The summed E-state index contributed by atoms with van der Waals surface area (Å²) in [4.78, 5) is 12.2. The van der Waals surface area contributed by atoms with Gasteiger partial charge in [-0.1, -0.05) is 43.3 Å². The number of allylic oxidation sites excluding steroid dienone is 1. The number of carbonyl (C=O) groups excluding carboxylic acids is 1. The molecule has 1 heterocycles. The zero-order valence-corrected chi connectivity index (χ0v) is 17.7. The molecule has 0 saturated heterocycles. The van der Waals surface area contributed by atoms with Gasteiger partial charge in [0.1, 0.15) is 0 Å². The van der Waals surface area contributed by atoms with E-state index in [0.717, 1.165) is 24.2 Å². The summed E-state index contributed by atoms with van der Waals surface area (Å²) in [5.74, 6) is 1.70. The highest BCUT2D eigenvalue weighted by Gasteiger charge is 2.16. The van der Waals surface area contributed by atoms with Crippen LogP contribution in [0.5, 0.6) is 0 Å². The lowest BCUT2D eigenvalue weighted by Crippen LogP contribution is -2.34. The minimum Gasteiger partial charge on any atom is -0.353 e. The maximum absolute atomic E-state index is 12.2. The van der Waals surface area contributed by atoms with Crippen molar-refractivity contribution in [1.82, 2.24) is 20.1 Å². The molecule has 27 heavy (non-hydrogen) atoms. The second-order valence-electron chi connectivity index (χ2n) is 6.94. The normalized spacial score (nSPS) is 12.2. The summed E-state index contributed by atoms with van der Waals surface area (Å²) in [6.07, 6.45) is 3.88. The van der Waals surface area contributed by atoms with Gasteiger partial charge in [-0.2, -0.15) is 0 Å². The van der Waals surface area contributed by atoms with Crippen LogP contribution >= 0.6 is 23.4 Å². The van der Waals surface area contributed by atoms with Crippen molar-refractivity contribution in [2.75, 3.05) is 5.75 Å². The zero-order valence-electron chi connectivity index (χ0n) is 16.1. The first-order chi connectivity index (χ1) is 12.9. The molecule has 0 aliphatic heterocycles. The molecule has 1 aromatic carbocycles. The van der Waals surface area contributed by atoms with Gasteiger partial charge in [0, 0.05) is 23.2 Å². The molecule has 0 aliphatic carbocycles. The van der Waals surface area contributed by atoms with Crippen LogP contribution in [0.15, 0.2) is 42.1 Å². The first-order valence-corrected chi connectivity index (χ1v) is 10.5. The Balaban J connectivity index is 2.01. The zero-order chi connectivity index (χ0) is 19.8. The number of amides is 1. The van der Waals surface area contributed by atoms with Crippen molar-refractivity contribution in [3.05, 3.63) is 41.9 Å². The number of hydrogen-bond donors (Lipinski definition) is 1. The monoisotopic (exact) mass is 406 g/mol. The van der Waals surface area contributed by atoms with Crippen molar-refractivity contribution in [2.45, 2.75) is 51.4 Å². The molecule has 0 unspecified atom stereocenters. The van der Waals surface area contributed by atoms with Gasteiger partial charge in [-0.25, -0.2) is 0 Å². The van der Waals surface area contributed by atoms with Crippen LogP contribution in [0, 0.1) is 5.92 Å². The van der Waals surface area contributed by atoms with E-state index in [0.29, 0.717) is 28.4 Å². The SMILES string of the molecule is C=CCn1c(SCC(=O)N[C@H](C)CCC(C)C)nnc1-c1ccc(Cl)cc1. The van der Waals surface area contributed by atoms with Crippen molar-refractivity contribution in [1.29, 1.82) is 0 Å². The number of nitrogens with one attached hydrogen (secondary N) is 1. The van der Waals surface area contributed by atoms with Gasteiger partial charge in [0.25, 0.3) is 0 Å². The molecule has 5 nitrogen and oxygen atoms in total. The molecule has 2 rings (SSSR count). The highest BCUT2D eigenvalue weighted by molar-refractivity contribution is 7.99. The second-order valence-corrected chi connectivity index (χ2v) is 8.32. The summed E-state index contributed by atoms with van der Waals surface area (Å²) >= 11 is 7.35. The summed E-state index contributed by atoms with van der Waals surface area (Å²) in [5, 5.41) is 13.0. The molecule has 0 bridgehead atoms. The highest BCUT2D eigenvalue weighted by Crippen LogP contribution is 2.25. The first kappa shape index (κ1) is 21.5. The van der Waals surface area contributed by atoms with E-state index in [-0.39, 0.29) is 11.9 Å². The number of nitrogens with zero attached hydrogens (tertiary/aromatic N) is 3. The van der Waals surface area contributed by atoms with E-state index < -0.39 is 0 Å². The third-order valence-electron chi connectivity index (χ3n) is 4.05. The third kappa shape index (κ3) is 6.70. The number of hydrogen-bond acceptors (Lipinski definition) is 4. The van der Waals surface area contributed by atoms with Gasteiger partial charge in [-0.15, -0.1) is 16.8 Å². The van der Waals surface area contributed by atoms with E-state index in [1.165, 1.54) is 11.8 Å². The molecule has 146 valence electrons. The number of halogens is 1. The Morgan fingerprint density at radius 1 is 1.26 bits per heavy atom. The Morgan fingerprint density at radius 2 is 1.96 bits per heavy atom. The average molecular weight is 407 g/mol. The topological polar surface area (TPSA) is 59.8 Å². The second kappa shape index (κ2) is 10.5. The van der Waals surface area contributed by atoms with Gasteiger partial charge in [0.2, 0.25) is 5.91 Å². The maximum Gasteiger partial charge on any atom is 0.230 e. The summed E-state index contributed by atoms with van der Waals surface area (Å²) in [6, 6.07) is 7.63. The van der Waals surface area contributed by atoms with E-state index in [2.05, 4.69) is 35.9 Å². The van der Waals surface area contributed by atoms with Crippen LogP contribution in [0.1, 0.15) is 33.6 Å². The van der Waals surface area contributed by atoms with Gasteiger partial charge >= 0.3 is 0 Å². The summed E-state index contributed by atoms with van der Waals surface area (Å²) < 4.78 is 1.95. The van der Waals surface area contributed by atoms with Crippen molar-refractivity contribution < 1.29 is 4.79 Å². The highest BCUT2D eigenvalue weighted by atomic mass is 35.5. The summed E-state index contributed by atoms with van der Waals surface area (Å²) in [5.41, 5.74) is 0.923. The molecule has 1 amide bonds. The van der Waals surface area contributed by atoms with E-state index >= 15 is 0 Å². The smallest absolute Gasteiger partial charge is 0.230 e. The third-order valence-corrected chi connectivity index (χ3v) is 5.27. The van der Waals surface area contributed by atoms with E-state index in [1.54, 1.807) is 6.08 Å². The molecule has 1 N–H and O–H groups in total. The van der Waals surface area contributed by atoms with Gasteiger partial charge in [0.05, 0.1) is 5.75 Å². The van der Waals surface area contributed by atoms with Crippen LogP contribution in [0.4, 0.5) is 0 Å². The summed E-state index contributed by atoms with van der Waals surface area (Å²) in [7, 11) is 0. The lowest BCUT2D eigenvalue weighted by molar-refractivity contribution is -0.119. The van der Waals surface area contributed by atoms with Crippen molar-refractivity contribution in [2.24, 2.45) is 5.92 Å². The lowest BCUT2D eigenvalue weighted by Gasteiger charge is -2.15. The molecule has 7 heteroatoms. The van der Waals surface area contributed by atoms with Crippen LogP contribution in [0.2, 0.25) is 5.02 Å². The van der Waals surface area contributed by atoms with Crippen LogP contribution in [0.25, 0.3) is 11.4 Å². The minimum atomic E-state index is 0.0115. The van der Waals surface area contributed by atoms with Crippen LogP contribution < -0.4 is 5.32 Å². The molecule has 2 aromatic rings. The first-order valence-electron chi connectivity index (χ1n) is 9.13. The minimum absolute atomic E-state index is 0.0115. The Morgan fingerprint density at radius 3 is 2.59 bits per heavy atom. The molecule has 0 fully saturated rings. The largest absolute Gasteiger partial charge is 0.353 e. The van der Waals surface area contributed by atoms with Gasteiger partial charge < -0.3 is 5.32 Å². The molecule has 0 aliphatic rings. The lowest BCUT2D eigenvalue weighted by atomic mass is 10.0. The quantitative estimate of drug-likeness (QED) is 0.454. The van der Waals surface area contributed by atoms with Crippen LogP contribution in [0.3, 0.4) is 0 Å². The molecule has 1 aromatic heterocycles. The number of benzene rings is 1. The summed E-state index contributed by atoms with van der Waals surface area (Å²) in [6.45, 7) is 10.8. The number of rotatable bonds is 10. The van der Waals surface area contributed by atoms with Crippen LogP contribution in [-0.4, -0.2) is 32.5 Å². The van der Waals surface area contributed by atoms with Crippen LogP contribution in [-0.2, 0) is 11.3 Å². The molecule has 0 spiro atoms. The average Bonchev–Trinajstić information content (AvgIpc) is 3.02.